The molecule has 2 aromatic carbocycles. The Morgan fingerprint density at radius 2 is 2.14 bits per heavy atom. The molecule has 10 heteroatoms. The number of para-hydroxylation sites is 1. The monoisotopic (exact) mass is 501 g/mol. The Morgan fingerprint density at radius 1 is 1.32 bits per heavy atom. The van der Waals surface area contributed by atoms with Crippen molar-refractivity contribution in [1.82, 2.24) is 14.5 Å². The van der Waals surface area contributed by atoms with E-state index in [-0.39, 0.29) is 17.4 Å². The maximum absolute atomic E-state index is 14.1. The van der Waals surface area contributed by atoms with Crippen LogP contribution in [0.15, 0.2) is 42.7 Å². The van der Waals surface area contributed by atoms with Gasteiger partial charge in [-0.05, 0) is 32.3 Å². The van der Waals surface area contributed by atoms with Crippen LogP contribution in [0.2, 0.25) is 0 Å². The largest absolute Gasteiger partial charge is 0.494 e. The Hall–Kier alpha value is -4.49. The van der Waals surface area contributed by atoms with Gasteiger partial charge in [-0.1, -0.05) is 30.0 Å². The van der Waals surface area contributed by atoms with Gasteiger partial charge >= 0.3 is 5.69 Å². The predicted molar refractivity (Wildman–Crippen MR) is 137 cm³/mol. The molecule has 0 bridgehead atoms. The number of aliphatic hydroxyl groups is 1. The Kier molecular flexibility index (Phi) is 6.01. The molecule has 188 valence electrons. The van der Waals surface area contributed by atoms with Crippen molar-refractivity contribution in [3.63, 3.8) is 0 Å². The summed E-state index contributed by atoms with van der Waals surface area (Å²) >= 11 is 0. The number of aromatic nitrogens is 3. The molecule has 0 unspecified atom stereocenters. The van der Waals surface area contributed by atoms with Crippen LogP contribution in [-0.4, -0.2) is 37.3 Å². The summed E-state index contributed by atoms with van der Waals surface area (Å²) in [6, 6.07) is 8.15. The standard InChI is InChI=1S/C27H24FN5O4/c1-27(2,34)10-9-17-14-29-26(30-21-13-22(33(35)36)20(28)12-23(21)37-3)31-24(17)19-15-32-11-5-7-16-6-4-8-18(19)25(16)32/h4,6,8,12-15,34H,5,7,11H2,1-3H3,(H,29,30,31). The summed E-state index contributed by atoms with van der Waals surface area (Å²) in [7, 11) is 1.33. The van der Waals surface area contributed by atoms with E-state index in [4.69, 9.17) is 9.72 Å². The van der Waals surface area contributed by atoms with E-state index in [2.05, 4.69) is 32.8 Å². The number of hydrogen-bond donors (Lipinski definition) is 2. The van der Waals surface area contributed by atoms with E-state index in [1.807, 2.05) is 18.3 Å². The zero-order valence-electron chi connectivity index (χ0n) is 20.5. The van der Waals surface area contributed by atoms with Crippen molar-refractivity contribution in [2.24, 2.45) is 0 Å². The SMILES string of the molecule is COc1cc(F)c([N+](=O)[O-])cc1Nc1ncc(C#CC(C)(C)O)c(-c2cn3c4c(cccc24)CCC3)n1. The third kappa shape index (κ3) is 4.69. The molecule has 5 rings (SSSR count). The van der Waals surface area contributed by atoms with Crippen LogP contribution in [-0.2, 0) is 13.0 Å². The van der Waals surface area contributed by atoms with E-state index in [9.17, 15) is 19.6 Å². The van der Waals surface area contributed by atoms with E-state index in [1.54, 1.807) is 13.8 Å². The Morgan fingerprint density at radius 3 is 2.86 bits per heavy atom. The van der Waals surface area contributed by atoms with Crippen molar-refractivity contribution < 1.29 is 19.2 Å². The number of nitrogens with one attached hydrogen (secondary N) is 1. The number of anilines is 2. The molecule has 1 aliphatic heterocycles. The van der Waals surface area contributed by atoms with E-state index >= 15 is 0 Å². The molecule has 0 radical (unpaired) electrons. The summed E-state index contributed by atoms with van der Waals surface area (Å²) in [4.78, 5) is 19.5. The summed E-state index contributed by atoms with van der Waals surface area (Å²) in [5.41, 5.74) is 2.51. The van der Waals surface area contributed by atoms with Crippen LogP contribution >= 0.6 is 0 Å². The highest BCUT2D eigenvalue weighted by Crippen LogP contribution is 2.37. The Labute approximate surface area is 212 Å². The first-order valence-corrected chi connectivity index (χ1v) is 11.7. The lowest BCUT2D eigenvalue weighted by molar-refractivity contribution is -0.387. The molecule has 1 aliphatic rings. The lowest BCUT2D eigenvalue weighted by atomic mass is 10.0. The van der Waals surface area contributed by atoms with Crippen LogP contribution in [0.25, 0.3) is 22.2 Å². The van der Waals surface area contributed by atoms with Crippen molar-refractivity contribution in [3.8, 4) is 28.8 Å². The van der Waals surface area contributed by atoms with Crippen LogP contribution in [0.5, 0.6) is 5.75 Å². The van der Waals surface area contributed by atoms with Crippen molar-refractivity contribution in [2.75, 3.05) is 12.4 Å². The summed E-state index contributed by atoms with van der Waals surface area (Å²) in [5, 5.41) is 25.4. The Bertz CT molecular complexity index is 1610. The van der Waals surface area contributed by atoms with Gasteiger partial charge in [-0.25, -0.2) is 9.97 Å². The number of methoxy groups -OCH3 is 1. The number of hydrogen-bond acceptors (Lipinski definition) is 7. The second-order valence-electron chi connectivity index (χ2n) is 9.30. The maximum atomic E-state index is 14.1. The van der Waals surface area contributed by atoms with Gasteiger partial charge in [-0.3, -0.25) is 10.1 Å². The molecule has 0 spiro atoms. The highest BCUT2D eigenvalue weighted by molar-refractivity contribution is 5.98. The molecular weight excluding hydrogens is 477 g/mol. The zero-order chi connectivity index (χ0) is 26.3. The fourth-order valence-electron chi connectivity index (χ4n) is 4.47. The molecule has 0 fully saturated rings. The molecule has 2 N–H and O–H groups in total. The number of rotatable bonds is 5. The number of halogens is 1. The van der Waals surface area contributed by atoms with Gasteiger partial charge in [0.1, 0.15) is 11.4 Å². The van der Waals surface area contributed by atoms with Gasteiger partial charge < -0.3 is 19.7 Å². The molecule has 9 nitrogen and oxygen atoms in total. The van der Waals surface area contributed by atoms with Gasteiger partial charge in [0.15, 0.2) is 0 Å². The summed E-state index contributed by atoms with van der Waals surface area (Å²) < 4.78 is 21.5. The van der Waals surface area contributed by atoms with Crippen molar-refractivity contribution in [2.45, 2.75) is 38.8 Å². The first-order chi connectivity index (χ1) is 17.6. The Balaban J connectivity index is 1.67. The molecular formula is C27H24FN5O4. The second-order valence-corrected chi connectivity index (χ2v) is 9.30. The summed E-state index contributed by atoms with van der Waals surface area (Å²) in [5.74, 6) is 4.98. The third-order valence-electron chi connectivity index (χ3n) is 6.09. The highest BCUT2D eigenvalue weighted by atomic mass is 19.1. The fourth-order valence-corrected chi connectivity index (χ4v) is 4.47. The van der Waals surface area contributed by atoms with Gasteiger partial charge in [-0.2, -0.15) is 4.39 Å². The van der Waals surface area contributed by atoms with Crippen LogP contribution < -0.4 is 10.1 Å². The van der Waals surface area contributed by atoms with Gasteiger partial charge in [0.2, 0.25) is 11.8 Å². The number of benzene rings is 2. The molecule has 0 saturated heterocycles. The minimum atomic E-state index is -1.22. The van der Waals surface area contributed by atoms with Crippen molar-refractivity contribution in [1.29, 1.82) is 0 Å². The second kappa shape index (κ2) is 9.19. The minimum Gasteiger partial charge on any atom is -0.494 e. The van der Waals surface area contributed by atoms with Gasteiger partial charge in [0, 0.05) is 42.0 Å². The van der Waals surface area contributed by atoms with E-state index in [0.717, 1.165) is 48.0 Å². The molecule has 3 heterocycles. The molecule has 2 aromatic heterocycles. The van der Waals surface area contributed by atoms with Gasteiger partial charge in [-0.15, -0.1) is 0 Å². The first-order valence-electron chi connectivity index (χ1n) is 11.7. The molecule has 0 amide bonds. The van der Waals surface area contributed by atoms with Crippen LogP contribution in [0.3, 0.4) is 0 Å². The lowest BCUT2D eigenvalue weighted by Crippen LogP contribution is -2.14. The normalized spacial score (nSPS) is 12.7. The van der Waals surface area contributed by atoms with Crippen LogP contribution in [0.4, 0.5) is 21.7 Å². The topological polar surface area (TPSA) is 115 Å². The highest BCUT2D eigenvalue weighted by Gasteiger charge is 2.22. The molecule has 0 saturated carbocycles. The molecule has 4 aromatic rings. The number of ether oxygens (including phenoxy) is 1. The predicted octanol–water partition coefficient (Wildman–Crippen LogP) is 4.97. The summed E-state index contributed by atoms with van der Waals surface area (Å²) in [6.45, 7) is 4.06. The smallest absolute Gasteiger partial charge is 0.307 e. The number of nitrogens with zero attached hydrogens (tertiary/aromatic N) is 4. The van der Waals surface area contributed by atoms with Gasteiger partial charge in [0.25, 0.3) is 0 Å². The maximum Gasteiger partial charge on any atom is 0.307 e. The van der Waals surface area contributed by atoms with E-state index < -0.39 is 22.0 Å². The number of aryl methyl sites for hydroxylation is 2. The van der Waals surface area contributed by atoms with Crippen LogP contribution in [0.1, 0.15) is 31.4 Å². The quantitative estimate of drug-likeness (QED) is 0.225. The van der Waals surface area contributed by atoms with Crippen molar-refractivity contribution in [3.05, 3.63) is 69.8 Å². The van der Waals surface area contributed by atoms with E-state index in [0.29, 0.717) is 11.3 Å². The van der Waals surface area contributed by atoms with Crippen LogP contribution in [0, 0.1) is 27.8 Å². The summed E-state index contributed by atoms with van der Waals surface area (Å²) in [6.07, 6.45) is 5.59. The zero-order valence-corrected chi connectivity index (χ0v) is 20.5. The average molecular weight is 502 g/mol. The third-order valence-corrected chi connectivity index (χ3v) is 6.09. The number of nitro benzene ring substituents is 1. The first kappa shape index (κ1) is 24.2. The fraction of sp³-hybridized carbons (Fsp3) is 0.259. The number of nitro groups is 1. The molecule has 0 atom stereocenters. The molecule has 0 aliphatic carbocycles. The molecule has 37 heavy (non-hydrogen) atoms. The lowest BCUT2D eigenvalue weighted by Gasteiger charge is -2.14. The minimum absolute atomic E-state index is 0.0614. The van der Waals surface area contributed by atoms with E-state index in [1.165, 1.54) is 18.9 Å². The average Bonchev–Trinajstić information content (AvgIpc) is 3.23. The van der Waals surface area contributed by atoms with Crippen molar-refractivity contribution >= 4 is 28.2 Å². The van der Waals surface area contributed by atoms with Gasteiger partial charge in [0.05, 0.1) is 34.5 Å².